The molecule has 3 rings (SSSR count). The first-order valence-electron chi connectivity index (χ1n) is 8.92. The first-order chi connectivity index (χ1) is 12.4. The van der Waals surface area contributed by atoms with Crippen LogP contribution in [0.4, 0.5) is 9.18 Å². The molecule has 144 valence electrons. The van der Waals surface area contributed by atoms with Crippen LogP contribution in [0.5, 0.6) is 5.75 Å². The molecular weight excluding hydrogens is 363 g/mol. The molecule has 0 aromatic heterocycles. The Hall–Kier alpha value is -1.87. The molecule has 1 amide bonds. The van der Waals surface area contributed by atoms with Crippen LogP contribution < -0.4 is 13.8 Å². The normalized spacial score (nSPS) is 25.8. The molecule has 0 radical (unpaired) electrons. The summed E-state index contributed by atoms with van der Waals surface area (Å²) in [6.45, 7) is 2.50. The molecule has 2 heterocycles. The van der Waals surface area contributed by atoms with E-state index in [0.29, 0.717) is 6.04 Å². The lowest BCUT2D eigenvalue weighted by Gasteiger charge is -2.40. The van der Waals surface area contributed by atoms with Crippen molar-refractivity contribution < 1.29 is 31.4 Å². The standard InChI is InChI=1S/C17H23FN2O5S/c18-14-6-3-7-15(11-14)25-26(22,23)19-17(21)24-12-13-5-4-10-20-9-2-1-8-16(13)20/h3,6-7,11,13,16H,1-2,4-5,8-10,12H2,(H,19,21)/p+1/t13-,16+/m0/s1. The van der Waals surface area contributed by atoms with Gasteiger partial charge in [0.2, 0.25) is 0 Å². The number of amides is 1. The lowest BCUT2D eigenvalue weighted by atomic mass is 9.84. The zero-order valence-corrected chi connectivity index (χ0v) is 15.3. The van der Waals surface area contributed by atoms with Crippen LogP contribution in [-0.4, -0.2) is 40.2 Å². The Kier molecular flexibility index (Phi) is 5.98. The zero-order chi connectivity index (χ0) is 18.6. The Bertz CT molecular complexity index is 740. The number of benzene rings is 1. The van der Waals surface area contributed by atoms with E-state index < -0.39 is 22.2 Å². The number of nitrogens with one attached hydrogen (secondary N) is 2. The van der Waals surface area contributed by atoms with E-state index in [2.05, 4.69) is 4.18 Å². The topological polar surface area (TPSA) is 86.1 Å². The first-order valence-corrected chi connectivity index (χ1v) is 10.3. The third-order valence-corrected chi connectivity index (χ3v) is 5.90. The predicted molar refractivity (Wildman–Crippen MR) is 91.5 cm³/mol. The highest BCUT2D eigenvalue weighted by Gasteiger charge is 2.37. The Balaban J connectivity index is 1.50. The molecule has 2 saturated heterocycles. The molecule has 2 aliphatic rings. The smallest absolute Gasteiger partial charge is 0.423 e. The van der Waals surface area contributed by atoms with Gasteiger partial charge in [0.25, 0.3) is 0 Å². The van der Waals surface area contributed by atoms with E-state index in [1.165, 1.54) is 25.0 Å². The van der Waals surface area contributed by atoms with Crippen molar-refractivity contribution in [2.24, 2.45) is 5.92 Å². The van der Waals surface area contributed by atoms with Crippen LogP contribution in [0.2, 0.25) is 0 Å². The minimum Gasteiger partial charge on any atom is -0.448 e. The Morgan fingerprint density at radius 2 is 2.04 bits per heavy atom. The fourth-order valence-corrected chi connectivity index (χ4v) is 4.62. The number of piperidine rings is 2. The number of hydrogen-bond acceptors (Lipinski definition) is 5. The lowest BCUT2D eigenvalue weighted by Crippen LogP contribution is -3.18. The summed E-state index contributed by atoms with van der Waals surface area (Å²) in [6.07, 6.45) is 4.52. The van der Waals surface area contributed by atoms with Crippen molar-refractivity contribution in [2.75, 3.05) is 19.7 Å². The molecule has 0 bridgehead atoms. The van der Waals surface area contributed by atoms with E-state index in [9.17, 15) is 17.6 Å². The molecule has 7 nitrogen and oxygen atoms in total. The second-order valence-corrected chi connectivity index (χ2v) is 8.14. The van der Waals surface area contributed by atoms with Gasteiger partial charge in [-0.25, -0.2) is 9.18 Å². The van der Waals surface area contributed by atoms with Gasteiger partial charge in [0, 0.05) is 12.0 Å². The van der Waals surface area contributed by atoms with Gasteiger partial charge in [0.1, 0.15) is 18.2 Å². The molecule has 2 fully saturated rings. The van der Waals surface area contributed by atoms with Gasteiger partial charge in [-0.3, -0.25) is 0 Å². The number of fused-ring (bicyclic) bond motifs is 1. The molecular formula is C17H24FN2O5S+. The van der Waals surface area contributed by atoms with Crippen molar-refractivity contribution in [3.63, 3.8) is 0 Å². The fraction of sp³-hybridized carbons (Fsp3) is 0.588. The predicted octanol–water partition coefficient (Wildman–Crippen LogP) is 1.02. The van der Waals surface area contributed by atoms with Crippen molar-refractivity contribution in [1.29, 1.82) is 0 Å². The summed E-state index contributed by atoms with van der Waals surface area (Å²) in [4.78, 5) is 13.4. The highest BCUT2D eigenvalue weighted by Crippen LogP contribution is 2.20. The summed E-state index contributed by atoms with van der Waals surface area (Å²) in [6, 6.07) is 5.12. The molecule has 1 aromatic rings. The molecule has 0 saturated carbocycles. The molecule has 3 atom stereocenters. The molecule has 0 aliphatic carbocycles. The van der Waals surface area contributed by atoms with Crippen molar-refractivity contribution in [1.82, 2.24) is 4.72 Å². The SMILES string of the molecule is O=C(NS(=O)(=O)Oc1cccc(F)c1)OC[C@@H]1CCC[NH+]2CCCC[C@H]12. The summed E-state index contributed by atoms with van der Waals surface area (Å²) in [5, 5.41) is 0. The second-order valence-electron chi connectivity index (χ2n) is 6.86. The largest absolute Gasteiger partial charge is 0.448 e. The van der Waals surface area contributed by atoms with Crippen molar-refractivity contribution in [3.8, 4) is 5.75 Å². The average Bonchev–Trinajstić information content (AvgIpc) is 2.59. The van der Waals surface area contributed by atoms with Gasteiger partial charge in [-0.15, -0.1) is 0 Å². The van der Waals surface area contributed by atoms with Crippen LogP contribution in [0, 0.1) is 11.7 Å². The number of carbonyl (C=O) groups is 1. The van der Waals surface area contributed by atoms with Crippen LogP contribution in [0.15, 0.2) is 24.3 Å². The summed E-state index contributed by atoms with van der Waals surface area (Å²) >= 11 is 0. The highest BCUT2D eigenvalue weighted by molar-refractivity contribution is 7.85. The van der Waals surface area contributed by atoms with Gasteiger partial charge in [-0.2, -0.15) is 13.1 Å². The van der Waals surface area contributed by atoms with Crippen LogP contribution in [0.25, 0.3) is 0 Å². The lowest BCUT2D eigenvalue weighted by molar-refractivity contribution is -0.940. The van der Waals surface area contributed by atoms with E-state index in [4.69, 9.17) is 4.74 Å². The monoisotopic (exact) mass is 387 g/mol. The van der Waals surface area contributed by atoms with E-state index in [1.807, 2.05) is 0 Å². The minimum atomic E-state index is -4.42. The molecule has 1 aromatic carbocycles. The van der Waals surface area contributed by atoms with Gasteiger partial charge in [-0.05, 0) is 44.2 Å². The highest BCUT2D eigenvalue weighted by atomic mass is 32.2. The molecule has 2 aliphatic heterocycles. The minimum absolute atomic E-state index is 0.190. The summed E-state index contributed by atoms with van der Waals surface area (Å²) in [7, 11) is -4.42. The average molecular weight is 387 g/mol. The number of halogens is 1. The first kappa shape index (κ1) is 18.9. The fourth-order valence-electron chi connectivity index (χ4n) is 3.96. The number of quaternary nitrogens is 1. The Morgan fingerprint density at radius 1 is 1.23 bits per heavy atom. The Labute approximate surface area is 152 Å². The van der Waals surface area contributed by atoms with Crippen LogP contribution in [-0.2, 0) is 15.0 Å². The van der Waals surface area contributed by atoms with E-state index in [0.717, 1.165) is 44.5 Å². The number of carbonyl (C=O) groups excluding carboxylic acids is 1. The van der Waals surface area contributed by atoms with Crippen LogP contribution >= 0.6 is 0 Å². The Morgan fingerprint density at radius 3 is 2.85 bits per heavy atom. The van der Waals surface area contributed by atoms with Gasteiger partial charge in [0.05, 0.1) is 19.1 Å². The second kappa shape index (κ2) is 8.22. The number of hydrogen-bond donors (Lipinski definition) is 2. The third kappa shape index (κ3) is 5.07. The molecule has 26 heavy (non-hydrogen) atoms. The number of ether oxygens (including phenoxy) is 1. The quantitative estimate of drug-likeness (QED) is 0.788. The van der Waals surface area contributed by atoms with Gasteiger partial charge >= 0.3 is 16.4 Å². The van der Waals surface area contributed by atoms with Crippen molar-refractivity contribution in [2.45, 2.75) is 38.1 Å². The summed E-state index contributed by atoms with van der Waals surface area (Å²) < 4.78 is 48.2. The summed E-state index contributed by atoms with van der Waals surface area (Å²) in [5.41, 5.74) is 0. The molecule has 9 heteroatoms. The number of rotatable bonds is 5. The van der Waals surface area contributed by atoms with Crippen LogP contribution in [0.1, 0.15) is 32.1 Å². The van der Waals surface area contributed by atoms with Crippen molar-refractivity contribution >= 4 is 16.4 Å². The van der Waals surface area contributed by atoms with E-state index in [-0.39, 0.29) is 18.3 Å². The molecule has 1 unspecified atom stereocenters. The molecule has 0 spiro atoms. The van der Waals surface area contributed by atoms with Gasteiger partial charge in [0.15, 0.2) is 0 Å². The van der Waals surface area contributed by atoms with Gasteiger partial charge in [-0.1, -0.05) is 6.07 Å². The summed E-state index contributed by atoms with van der Waals surface area (Å²) in [5.74, 6) is -0.618. The maximum absolute atomic E-state index is 13.1. The van der Waals surface area contributed by atoms with E-state index in [1.54, 1.807) is 9.62 Å². The maximum atomic E-state index is 13.1. The molecule has 2 N–H and O–H groups in total. The maximum Gasteiger partial charge on any atom is 0.423 e. The van der Waals surface area contributed by atoms with Crippen molar-refractivity contribution in [3.05, 3.63) is 30.1 Å². The third-order valence-electron chi connectivity index (χ3n) is 5.07. The zero-order valence-electron chi connectivity index (χ0n) is 14.4. The van der Waals surface area contributed by atoms with Crippen LogP contribution in [0.3, 0.4) is 0 Å². The van der Waals surface area contributed by atoms with E-state index >= 15 is 0 Å². The van der Waals surface area contributed by atoms with Gasteiger partial charge < -0.3 is 13.8 Å².